The Morgan fingerprint density at radius 3 is 2.68 bits per heavy atom. The number of ketones is 1. The molecule has 5 nitrogen and oxygen atoms in total. The van der Waals surface area contributed by atoms with E-state index in [1.165, 1.54) is 0 Å². The second-order valence-electron chi connectivity index (χ2n) is 5.08. The van der Waals surface area contributed by atoms with Crippen LogP contribution >= 0.6 is 22.9 Å². The molecule has 0 amide bonds. The number of hydrogen-bond donors (Lipinski definition) is 1. The van der Waals surface area contributed by atoms with Gasteiger partial charge in [-0.3, -0.25) is 4.79 Å². The molecule has 0 aliphatic carbocycles. The summed E-state index contributed by atoms with van der Waals surface area (Å²) in [4.78, 5) is 24.8. The number of rotatable bonds is 7. The molecule has 3 rings (SSSR count). The largest absolute Gasteiger partial charge is 0.467 e. The van der Waals surface area contributed by atoms with Crippen molar-refractivity contribution in [3.05, 3.63) is 75.3 Å². The molecule has 1 aromatic carbocycles. The van der Waals surface area contributed by atoms with Gasteiger partial charge in [-0.1, -0.05) is 23.7 Å². The van der Waals surface area contributed by atoms with E-state index < -0.39 is 5.97 Å². The van der Waals surface area contributed by atoms with Gasteiger partial charge in [-0.25, -0.2) is 4.79 Å². The summed E-state index contributed by atoms with van der Waals surface area (Å²) in [5, 5.41) is 3.12. The summed E-state index contributed by atoms with van der Waals surface area (Å²) in [6.45, 7) is 0.103. The molecule has 0 fully saturated rings. The van der Waals surface area contributed by atoms with Crippen molar-refractivity contribution in [3.8, 4) is 0 Å². The Balaban J connectivity index is 1.62. The summed E-state index contributed by atoms with van der Waals surface area (Å²) < 4.78 is 10.9. The fourth-order valence-corrected chi connectivity index (χ4v) is 3.12. The van der Waals surface area contributed by atoms with Gasteiger partial charge >= 0.3 is 5.97 Å². The van der Waals surface area contributed by atoms with Crippen molar-refractivity contribution in [2.45, 2.75) is 6.54 Å². The van der Waals surface area contributed by atoms with Crippen molar-refractivity contribution in [1.29, 1.82) is 0 Å². The molecule has 0 aliphatic heterocycles. The van der Waals surface area contributed by atoms with E-state index in [9.17, 15) is 9.59 Å². The van der Waals surface area contributed by atoms with Crippen LogP contribution in [0.1, 0.15) is 25.8 Å². The monoisotopic (exact) mass is 375 g/mol. The minimum atomic E-state index is -0.571. The van der Waals surface area contributed by atoms with E-state index in [0.717, 1.165) is 17.1 Å². The van der Waals surface area contributed by atoms with Crippen LogP contribution in [0.3, 0.4) is 0 Å². The molecule has 7 heteroatoms. The molecule has 0 aliphatic rings. The number of ether oxygens (including phenoxy) is 1. The van der Waals surface area contributed by atoms with Gasteiger partial charge in [0.2, 0.25) is 5.78 Å². The number of benzene rings is 1. The van der Waals surface area contributed by atoms with Gasteiger partial charge < -0.3 is 14.5 Å². The zero-order chi connectivity index (χ0) is 17.6. The summed E-state index contributed by atoms with van der Waals surface area (Å²) in [6, 6.07) is 13.8. The molecular weight excluding hydrogens is 362 g/mol. The molecule has 0 saturated carbocycles. The SMILES string of the molecule is O=C(COC(=O)c1ccccc1NCc1ccco1)c1ccc(Cl)s1. The van der Waals surface area contributed by atoms with Crippen molar-refractivity contribution < 1.29 is 18.7 Å². The molecule has 3 aromatic rings. The first-order valence-corrected chi connectivity index (χ1v) is 8.64. The van der Waals surface area contributed by atoms with Crippen molar-refractivity contribution in [2.24, 2.45) is 0 Å². The van der Waals surface area contributed by atoms with Gasteiger partial charge in [0.05, 0.1) is 27.6 Å². The predicted octanol–water partition coefficient (Wildman–Crippen LogP) is 4.65. The van der Waals surface area contributed by atoms with Gasteiger partial charge in [0.25, 0.3) is 0 Å². The molecule has 0 bridgehead atoms. The number of carbonyl (C=O) groups is 2. The van der Waals surface area contributed by atoms with Crippen LogP contribution in [0.5, 0.6) is 0 Å². The normalized spacial score (nSPS) is 10.4. The number of carbonyl (C=O) groups excluding carboxylic acids is 2. The van der Waals surface area contributed by atoms with Crippen LogP contribution in [0.4, 0.5) is 5.69 Å². The summed E-state index contributed by atoms with van der Waals surface area (Å²) in [7, 11) is 0. The smallest absolute Gasteiger partial charge is 0.340 e. The van der Waals surface area contributed by atoms with Gasteiger partial charge in [0.15, 0.2) is 6.61 Å². The van der Waals surface area contributed by atoms with Gasteiger partial charge in [-0.05, 0) is 36.4 Å². The second kappa shape index (κ2) is 8.00. The minimum absolute atomic E-state index is 0.286. The average Bonchev–Trinajstić information content (AvgIpc) is 3.29. The molecule has 2 aromatic heterocycles. The van der Waals surface area contributed by atoms with Crippen LogP contribution in [0.15, 0.2) is 59.2 Å². The minimum Gasteiger partial charge on any atom is -0.467 e. The maximum atomic E-state index is 12.3. The quantitative estimate of drug-likeness (QED) is 0.481. The number of nitrogens with one attached hydrogen (secondary N) is 1. The third-order valence-corrected chi connectivity index (χ3v) is 4.63. The molecule has 0 atom stereocenters. The van der Waals surface area contributed by atoms with E-state index in [1.807, 2.05) is 6.07 Å². The van der Waals surface area contributed by atoms with E-state index in [-0.39, 0.29) is 12.4 Å². The first-order valence-electron chi connectivity index (χ1n) is 7.44. The summed E-state index contributed by atoms with van der Waals surface area (Å²) in [5.41, 5.74) is 0.960. The molecular formula is C18H14ClNO4S. The number of para-hydroxylation sites is 1. The number of furan rings is 1. The van der Waals surface area contributed by atoms with Crippen LogP contribution in [0.25, 0.3) is 0 Å². The summed E-state index contributed by atoms with van der Waals surface area (Å²) >= 11 is 6.96. The van der Waals surface area contributed by atoms with Crippen LogP contribution in [-0.4, -0.2) is 18.4 Å². The number of esters is 1. The van der Waals surface area contributed by atoms with E-state index >= 15 is 0 Å². The van der Waals surface area contributed by atoms with E-state index in [1.54, 1.807) is 48.7 Å². The lowest BCUT2D eigenvalue weighted by Crippen LogP contribution is -2.15. The molecule has 25 heavy (non-hydrogen) atoms. The van der Waals surface area contributed by atoms with Crippen LogP contribution < -0.4 is 5.32 Å². The van der Waals surface area contributed by atoms with Crippen LogP contribution in [-0.2, 0) is 11.3 Å². The lowest BCUT2D eigenvalue weighted by molar-refractivity contribution is 0.0476. The van der Waals surface area contributed by atoms with Gasteiger partial charge in [-0.15, -0.1) is 11.3 Å². The Hall–Kier alpha value is -2.57. The number of Topliss-reactive ketones (excluding diaryl/α,β-unsaturated/α-hetero) is 1. The standard InChI is InChI=1S/C18H14ClNO4S/c19-17-8-7-16(25-17)15(21)11-24-18(22)13-5-1-2-6-14(13)20-10-12-4-3-9-23-12/h1-9,20H,10-11H2. The topological polar surface area (TPSA) is 68.5 Å². The van der Waals surface area contributed by atoms with Gasteiger partial charge in [0.1, 0.15) is 5.76 Å². The van der Waals surface area contributed by atoms with Gasteiger partial charge in [-0.2, -0.15) is 0 Å². The zero-order valence-corrected chi connectivity index (χ0v) is 14.6. The number of hydrogen-bond acceptors (Lipinski definition) is 6. The Morgan fingerprint density at radius 2 is 1.96 bits per heavy atom. The molecule has 128 valence electrons. The third kappa shape index (κ3) is 4.49. The van der Waals surface area contributed by atoms with E-state index in [4.69, 9.17) is 20.8 Å². The van der Waals surface area contributed by atoms with E-state index in [0.29, 0.717) is 27.0 Å². The Kier molecular flexibility index (Phi) is 5.53. The molecule has 0 radical (unpaired) electrons. The highest BCUT2D eigenvalue weighted by Gasteiger charge is 2.16. The molecule has 0 saturated heterocycles. The van der Waals surface area contributed by atoms with Crippen LogP contribution in [0.2, 0.25) is 4.34 Å². The van der Waals surface area contributed by atoms with Crippen molar-refractivity contribution >= 4 is 40.4 Å². The Bertz CT molecular complexity index is 873. The summed E-state index contributed by atoms with van der Waals surface area (Å²) in [6.07, 6.45) is 1.58. The first-order chi connectivity index (χ1) is 12.1. The molecule has 0 unspecified atom stereocenters. The fourth-order valence-electron chi connectivity index (χ4n) is 2.15. The highest BCUT2D eigenvalue weighted by Crippen LogP contribution is 2.22. The summed E-state index contributed by atoms with van der Waals surface area (Å²) in [5.74, 6) is -0.113. The lowest BCUT2D eigenvalue weighted by Gasteiger charge is -2.10. The first kappa shape index (κ1) is 17.3. The average molecular weight is 376 g/mol. The number of halogens is 1. The zero-order valence-electron chi connectivity index (χ0n) is 13.0. The highest BCUT2D eigenvalue weighted by molar-refractivity contribution is 7.18. The van der Waals surface area contributed by atoms with Crippen molar-refractivity contribution in [1.82, 2.24) is 0 Å². The fraction of sp³-hybridized carbons (Fsp3) is 0.111. The molecule has 1 N–H and O–H groups in total. The van der Waals surface area contributed by atoms with Crippen molar-refractivity contribution in [2.75, 3.05) is 11.9 Å². The Labute approximate surface area is 153 Å². The predicted molar refractivity (Wildman–Crippen MR) is 96.4 cm³/mol. The Morgan fingerprint density at radius 1 is 1.12 bits per heavy atom. The third-order valence-electron chi connectivity index (χ3n) is 3.36. The maximum absolute atomic E-state index is 12.3. The molecule has 2 heterocycles. The van der Waals surface area contributed by atoms with Crippen LogP contribution in [0, 0.1) is 0 Å². The van der Waals surface area contributed by atoms with Crippen molar-refractivity contribution in [3.63, 3.8) is 0 Å². The number of thiophene rings is 1. The number of anilines is 1. The molecule has 0 spiro atoms. The lowest BCUT2D eigenvalue weighted by atomic mass is 10.1. The van der Waals surface area contributed by atoms with E-state index in [2.05, 4.69) is 5.32 Å². The van der Waals surface area contributed by atoms with Gasteiger partial charge in [0, 0.05) is 5.69 Å². The highest BCUT2D eigenvalue weighted by atomic mass is 35.5. The maximum Gasteiger partial charge on any atom is 0.340 e. The second-order valence-corrected chi connectivity index (χ2v) is 6.80.